The van der Waals surface area contributed by atoms with Gasteiger partial charge in [0.1, 0.15) is 5.75 Å². The molecule has 3 nitrogen and oxygen atoms in total. The fourth-order valence-corrected chi connectivity index (χ4v) is 3.14. The molecule has 0 aliphatic carbocycles. The van der Waals surface area contributed by atoms with E-state index in [9.17, 15) is 0 Å². The zero-order valence-electron chi connectivity index (χ0n) is 16.2. The smallest absolute Gasteiger partial charge is 0.166 e. The van der Waals surface area contributed by atoms with Gasteiger partial charge in [-0.05, 0) is 66.7 Å². The highest BCUT2D eigenvalue weighted by atomic mass is 32.1. The van der Waals surface area contributed by atoms with Crippen molar-refractivity contribution >= 4 is 17.3 Å². The predicted octanol–water partition coefficient (Wildman–Crippen LogP) is 4.66. The maximum Gasteiger partial charge on any atom is 0.166 e. The van der Waals surface area contributed by atoms with E-state index in [0.717, 1.165) is 25.1 Å². The second-order valence-electron chi connectivity index (χ2n) is 7.06. The van der Waals surface area contributed by atoms with Gasteiger partial charge in [-0.1, -0.05) is 50.2 Å². The van der Waals surface area contributed by atoms with Gasteiger partial charge in [-0.3, -0.25) is 0 Å². The van der Waals surface area contributed by atoms with Crippen molar-refractivity contribution in [2.24, 2.45) is 5.92 Å². The fraction of sp³-hybridized carbons (Fsp3) is 0.409. The van der Waals surface area contributed by atoms with Gasteiger partial charge in [0, 0.05) is 6.54 Å². The molecular formula is C22H30N2OS. The molecule has 2 rings (SSSR count). The molecule has 0 saturated carbocycles. The topological polar surface area (TPSA) is 33.3 Å². The van der Waals surface area contributed by atoms with Gasteiger partial charge in [0.05, 0.1) is 13.2 Å². The summed E-state index contributed by atoms with van der Waals surface area (Å²) in [5.74, 6) is 1.56. The van der Waals surface area contributed by atoms with Gasteiger partial charge in [-0.2, -0.15) is 0 Å². The monoisotopic (exact) mass is 370 g/mol. The Balaban J connectivity index is 1.75. The maximum absolute atomic E-state index is 5.43. The molecule has 0 amide bonds. The van der Waals surface area contributed by atoms with Crippen LogP contribution in [-0.4, -0.2) is 18.8 Å². The zero-order valence-corrected chi connectivity index (χ0v) is 17.0. The van der Waals surface area contributed by atoms with E-state index in [1.165, 1.54) is 16.7 Å². The van der Waals surface area contributed by atoms with Crippen LogP contribution in [0, 0.1) is 5.92 Å². The number of benzene rings is 2. The van der Waals surface area contributed by atoms with Crippen molar-refractivity contribution in [1.29, 1.82) is 0 Å². The minimum Gasteiger partial charge on any atom is -0.497 e. The number of ether oxygens (including phenoxy) is 1. The summed E-state index contributed by atoms with van der Waals surface area (Å²) in [6, 6.07) is 17.1. The molecule has 0 aliphatic rings. The van der Waals surface area contributed by atoms with E-state index < -0.39 is 0 Å². The summed E-state index contributed by atoms with van der Waals surface area (Å²) >= 11 is 5.43. The largest absolute Gasteiger partial charge is 0.497 e. The molecule has 0 aliphatic heterocycles. The van der Waals surface area contributed by atoms with Gasteiger partial charge < -0.3 is 15.4 Å². The normalized spacial score (nSPS) is 11.9. The molecule has 0 saturated heterocycles. The summed E-state index contributed by atoms with van der Waals surface area (Å²) in [5, 5.41) is 7.34. The van der Waals surface area contributed by atoms with Crippen LogP contribution in [0.15, 0.2) is 48.5 Å². The van der Waals surface area contributed by atoms with Crippen LogP contribution in [0.5, 0.6) is 5.75 Å². The number of hydrogen-bond donors (Lipinski definition) is 2. The van der Waals surface area contributed by atoms with Crippen LogP contribution in [0.2, 0.25) is 0 Å². The summed E-state index contributed by atoms with van der Waals surface area (Å²) in [5.41, 5.74) is 3.89. The standard InChI is InChI=1S/C22H30N2OS/c1-16(2)15-19-5-9-20(10-6-19)17(3)24-22(26)23-14-13-18-7-11-21(25-4)12-8-18/h5-12,16-17H,13-15H2,1-4H3,(H2,23,24,26). The second-order valence-corrected chi connectivity index (χ2v) is 7.47. The molecule has 0 bridgehead atoms. The Labute approximate surface area is 163 Å². The molecule has 0 spiro atoms. The lowest BCUT2D eigenvalue weighted by atomic mass is 10.00. The highest BCUT2D eigenvalue weighted by molar-refractivity contribution is 7.80. The first-order valence-electron chi connectivity index (χ1n) is 9.24. The second kappa shape index (κ2) is 10.2. The minimum absolute atomic E-state index is 0.184. The van der Waals surface area contributed by atoms with Crippen LogP contribution < -0.4 is 15.4 Å². The van der Waals surface area contributed by atoms with Crippen molar-refractivity contribution < 1.29 is 4.74 Å². The van der Waals surface area contributed by atoms with Crippen LogP contribution in [0.3, 0.4) is 0 Å². The molecule has 2 aromatic rings. The lowest BCUT2D eigenvalue weighted by Gasteiger charge is -2.18. The number of nitrogens with one attached hydrogen (secondary N) is 2. The SMILES string of the molecule is COc1ccc(CCNC(=S)NC(C)c2ccc(CC(C)C)cc2)cc1. The fourth-order valence-electron chi connectivity index (χ4n) is 2.86. The van der Waals surface area contributed by atoms with Crippen LogP contribution in [0.25, 0.3) is 0 Å². The molecule has 26 heavy (non-hydrogen) atoms. The first-order chi connectivity index (χ1) is 12.5. The molecule has 0 heterocycles. The lowest BCUT2D eigenvalue weighted by Crippen LogP contribution is -2.37. The summed E-state index contributed by atoms with van der Waals surface area (Å²) < 4.78 is 5.18. The number of methoxy groups -OCH3 is 1. The third kappa shape index (κ3) is 6.68. The van der Waals surface area contributed by atoms with E-state index in [1.807, 2.05) is 12.1 Å². The van der Waals surface area contributed by atoms with E-state index in [1.54, 1.807) is 7.11 Å². The van der Waals surface area contributed by atoms with Gasteiger partial charge in [-0.25, -0.2) is 0 Å². The summed E-state index contributed by atoms with van der Waals surface area (Å²) in [4.78, 5) is 0. The quantitative estimate of drug-likeness (QED) is 0.662. The zero-order chi connectivity index (χ0) is 18.9. The van der Waals surface area contributed by atoms with Crippen molar-refractivity contribution in [2.75, 3.05) is 13.7 Å². The molecular weight excluding hydrogens is 340 g/mol. The predicted molar refractivity (Wildman–Crippen MR) is 114 cm³/mol. The van der Waals surface area contributed by atoms with Crippen LogP contribution in [-0.2, 0) is 12.8 Å². The molecule has 2 N–H and O–H groups in total. The molecule has 0 aromatic heterocycles. The average Bonchev–Trinajstić information content (AvgIpc) is 2.62. The summed E-state index contributed by atoms with van der Waals surface area (Å²) in [6.45, 7) is 7.43. The van der Waals surface area contributed by atoms with E-state index in [-0.39, 0.29) is 6.04 Å². The Morgan fingerprint density at radius 3 is 2.15 bits per heavy atom. The maximum atomic E-state index is 5.43. The molecule has 4 heteroatoms. The highest BCUT2D eigenvalue weighted by Crippen LogP contribution is 2.15. The highest BCUT2D eigenvalue weighted by Gasteiger charge is 2.07. The van der Waals surface area contributed by atoms with Gasteiger partial charge in [0.2, 0.25) is 0 Å². The molecule has 1 atom stereocenters. The minimum atomic E-state index is 0.184. The van der Waals surface area contributed by atoms with Gasteiger partial charge in [-0.15, -0.1) is 0 Å². The molecule has 1 unspecified atom stereocenters. The Morgan fingerprint density at radius 2 is 1.58 bits per heavy atom. The number of hydrogen-bond acceptors (Lipinski definition) is 2. The Hall–Kier alpha value is -2.07. The Morgan fingerprint density at radius 1 is 0.962 bits per heavy atom. The number of rotatable bonds is 8. The van der Waals surface area contributed by atoms with Crippen molar-refractivity contribution in [3.63, 3.8) is 0 Å². The summed E-state index contributed by atoms with van der Waals surface area (Å²) in [7, 11) is 1.68. The molecule has 0 fully saturated rings. The average molecular weight is 371 g/mol. The molecule has 0 radical (unpaired) electrons. The van der Waals surface area contributed by atoms with E-state index >= 15 is 0 Å². The molecule has 140 valence electrons. The van der Waals surface area contributed by atoms with Crippen LogP contribution in [0.1, 0.15) is 43.5 Å². The lowest BCUT2D eigenvalue weighted by molar-refractivity contribution is 0.414. The van der Waals surface area contributed by atoms with Crippen molar-refractivity contribution in [2.45, 2.75) is 39.7 Å². The van der Waals surface area contributed by atoms with E-state index in [4.69, 9.17) is 17.0 Å². The Kier molecular flexibility index (Phi) is 7.92. The number of thiocarbonyl (C=S) groups is 1. The van der Waals surface area contributed by atoms with Crippen molar-refractivity contribution in [3.8, 4) is 5.75 Å². The van der Waals surface area contributed by atoms with Gasteiger partial charge >= 0.3 is 0 Å². The third-order valence-corrected chi connectivity index (χ3v) is 4.59. The third-order valence-electron chi connectivity index (χ3n) is 4.33. The van der Waals surface area contributed by atoms with Crippen LogP contribution in [0.4, 0.5) is 0 Å². The van der Waals surface area contributed by atoms with Crippen LogP contribution >= 0.6 is 12.2 Å². The van der Waals surface area contributed by atoms with E-state index in [0.29, 0.717) is 11.0 Å². The van der Waals surface area contributed by atoms with Gasteiger partial charge in [0.25, 0.3) is 0 Å². The Bertz CT molecular complexity index is 680. The van der Waals surface area contributed by atoms with E-state index in [2.05, 4.69) is 67.8 Å². The first-order valence-corrected chi connectivity index (χ1v) is 9.65. The van der Waals surface area contributed by atoms with Crippen molar-refractivity contribution in [3.05, 3.63) is 65.2 Å². The van der Waals surface area contributed by atoms with Crippen molar-refractivity contribution in [1.82, 2.24) is 10.6 Å². The molecule has 2 aromatic carbocycles. The van der Waals surface area contributed by atoms with Gasteiger partial charge in [0.15, 0.2) is 5.11 Å². The first kappa shape index (κ1) is 20.2. The summed E-state index contributed by atoms with van der Waals surface area (Å²) in [6.07, 6.45) is 2.04.